The van der Waals surface area contributed by atoms with E-state index < -0.39 is 10.0 Å². The fourth-order valence-electron chi connectivity index (χ4n) is 1.32. The van der Waals surface area contributed by atoms with Crippen LogP contribution in [0, 0.1) is 3.57 Å². The molecule has 0 aliphatic rings. The number of rotatable bonds is 3. The van der Waals surface area contributed by atoms with Gasteiger partial charge >= 0.3 is 0 Å². The van der Waals surface area contributed by atoms with E-state index in [0.717, 1.165) is 3.57 Å². The molecule has 0 aliphatic carbocycles. The maximum absolute atomic E-state index is 12.2. The lowest BCUT2D eigenvalue weighted by Crippen LogP contribution is -2.14. The summed E-state index contributed by atoms with van der Waals surface area (Å²) in [7, 11) is -3.76. The van der Waals surface area contributed by atoms with E-state index in [1.54, 1.807) is 24.3 Å². The molecule has 100 valence electrons. The first-order chi connectivity index (χ1) is 8.88. The molecule has 0 amide bonds. The Morgan fingerprint density at radius 1 is 1.26 bits per heavy atom. The maximum atomic E-state index is 12.2. The lowest BCUT2D eigenvalue weighted by Gasteiger charge is -2.09. The third-order valence-electron chi connectivity index (χ3n) is 2.16. The summed E-state index contributed by atoms with van der Waals surface area (Å²) in [5.41, 5.74) is 0.469. The van der Waals surface area contributed by atoms with Gasteiger partial charge in [-0.15, -0.1) is 0 Å². The van der Waals surface area contributed by atoms with E-state index in [0.29, 0.717) is 10.2 Å². The van der Waals surface area contributed by atoms with Crippen molar-refractivity contribution in [3.05, 3.63) is 49.7 Å². The lowest BCUT2D eigenvalue weighted by atomic mass is 10.3. The first-order valence-electron chi connectivity index (χ1n) is 4.98. The Bertz CT molecular complexity index is 707. The maximum Gasteiger partial charge on any atom is 0.265 e. The van der Waals surface area contributed by atoms with E-state index in [2.05, 4.69) is 48.2 Å². The fraction of sp³-hybridized carbons (Fsp3) is 0. The molecule has 1 heterocycles. The monoisotopic (exact) mass is 472 g/mol. The van der Waals surface area contributed by atoms with E-state index in [4.69, 9.17) is 11.6 Å². The zero-order valence-electron chi connectivity index (χ0n) is 9.27. The van der Waals surface area contributed by atoms with Crippen LogP contribution in [0.15, 0.2) is 45.9 Å². The average Bonchev–Trinajstić information content (AvgIpc) is 2.35. The molecule has 0 bridgehead atoms. The van der Waals surface area contributed by atoms with Gasteiger partial charge in [0.25, 0.3) is 10.0 Å². The highest BCUT2D eigenvalue weighted by molar-refractivity contribution is 14.1. The minimum atomic E-state index is -3.76. The highest BCUT2D eigenvalue weighted by atomic mass is 127. The van der Waals surface area contributed by atoms with E-state index in [-0.39, 0.29) is 10.0 Å². The molecule has 0 saturated heterocycles. The zero-order chi connectivity index (χ0) is 14.0. The third-order valence-corrected chi connectivity index (χ3v) is 5.12. The summed E-state index contributed by atoms with van der Waals surface area (Å²) in [6.07, 6.45) is 1.44. The topological polar surface area (TPSA) is 59.1 Å². The van der Waals surface area contributed by atoms with Gasteiger partial charge in [-0.05, 0) is 68.9 Å². The van der Waals surface area contributed by atoms with Crippen molar-refractivity contribution in [3.63, 3.8) is 0 Å². The lowest BCUT2D eigenvalue weighted by molar-refractivity contribution is 0.601. The Kier molecular flexibility index (Phi) is 4.70. The van der Waals surface area contributed by atoms with Crippen molar-refractivity contribution in [1.29, 1.82) is 0 Å². The predicted molar refractivity (Wildman–Crippen MR) is 86.9 cm³/mol. The molecule has 0 saturated carbocycles. The largest absolute Gasteiger partial charge is 0.280 e. The molecule has 19 heavy (non-hydrogen) atoms. The van der Waals surface area contributed by atoms with Gasteiger partial charge in [-0.2, -0.15) is 0 Å². The second-order valence-corrected chi connectivity index (χ2v) is 7.73. The Morgan fingerprint density at radius 2 is 1.89 bits per heavy atom. The molecule has 0 radical (unpaired) electrons. The van der Waals surface area contributed by atoms with Crippen molar-refractivity contribution in [3.8, 4) is 0 Å². The standard InChI is InChI=1S/C11H7BrClIN2O2S/c12-7-5-10(11(13)15-6-7)19(17,18)16-9-3-1-8(14)2-4-9/h1-6,16H. The van der Waals surface area contributed by atoms with Gasteiger partial charge in [0.1, 0.15) is 10.0 Å². The van der Waals surface area contributed by atoms with Gasteiger partial charge in [0, 0.05) is 19.9 Å². The molecule has 0 fully saturated rings. The SMILES string of the molecule is O=S(=O)(Nc1ccc(I)cc1)c1cc(Br)cnc1Cl. The minimum Gasteiger partial charge on any atom is -0.280 e. The molecule has 0 unspecified atom stereocenters. The van der Waals surface area contributed by atoms with E-state index in [1.807, 2.05) is 0 Å². The number of hydrogen-bond donors (Lipinski definition) is 1. The van der Waals surface area contributed by atoms with Crippen LogP contribution in [0.25, 0.3) is 0 Å². The Balaban J connectivity index is 2.37. The molecule has 2 rings (SSSR count). The third kappa shape index (κ3) is 3.80. The van der Waals surface area contributed by atoms with Gasteiger partial charge in [-0.1, -0.05) is 11.6 Å². The van der Waals surface area contributed by atoms with Gasteiger partial charge in [0.15, 0.2) is 0 Å². The summed E-state index contributed by atoms with van der Waals surface area (Å²) in [4.78, 5) is 3.73. The molecule has 2 aromatic rings. The summed E-state index contributed by atoms with van der Waals surface area (Å²) in [6, 6.07) is 8.38. The first-order valence-corrected chi connectivity index (χ1v) is 8.71. The molecule has 0 aliphatic heterocycles. The Morgan fingerprint density at radius 3 is 2.53 bits per heavy atom. The van der Waals surface area contributed by atoms with E-state index >= 15 is 0 Å². The highest BCUT2D eigenvalue weighted by Gasteiger charge is 2.19. The van der Waals surface area contributed by atoms with Crippen LogP contribution in [0.3, 0.4) is 0 Å². The number of aromatic nitrogens is 1. The van der Waals surface area contributed by atoms with Crippen LogP contribution in [-0.4, -0.2) is 13.4 Å². The second kappa shape index (κ2) is 5.94. The van der Waals surface area contributed by atoms with Crippen LogP contribution in [-0.2, 0) is 10.0 Å². The summed E-state index contributed by atoms with van der Waals surface area (Å²) in [5, 5.41) is -0.0683. The van der Waals surface area contributed by atoms with Gasteiger partial charge < -0.3 is 0 Å². The Labute approximate surface area is 137 Å². The molecule has 0 atom stereocenters. The van der Waals surface area contributed by atoms with Crippen LogP contribution in [0.4, 0.5) is 5.69 Å². The molecular formula is C11H7BrClIN2O2S. The smallest absolute Gasteiger partial charge is 0.265 e. The number of hydrogen-bond acceptors (Lipinski definition) is 3. The molecule has 0 spiro atoms. The van der Waals surface area contributed by atoms with Gasteiger partial charge in [-0.3, -0.25) is 4.72 Å². The number of nitrogens with one attached hydrogen (secondary N) is 1. The summed E-state index contributed by atoms with van der Waals surface area (Å²) in [6.45, 7) is 0. The molecule has 4 nitrogen and oxygen atoms in total. The number of nitrogens with zero attached hydrogens (tertiary/aromatic N) is 1. The highest BCUT2D eigenvalue weighted by Crippen LogP contribution is 2.25. The predicted octanol–water partition coefficient (Wildman–Crippen LogP) is 3.90. The summed E-state index contributed by atoms with van der Waals surface area (Å²) < 4.78 is 28.4. The van der Waals surface area contributed by atoms with Crippen LogP contribution in [0.2, 0.25) is 5.15 Å². The van der Waals surface area contributed by atoms with E-state index in [1.165, 1.54) is 12.3 Å². The summed E-state index contributed by atoms with van der Waals surface area (Å²) in [5.74, 6) is 0. The van der Waals surface area contributed by atoms with Gasteiger partial charge in [0.2, 0.25) is 0 Å². The first kappa shape index (κ1) is 15.0. The van der Waals surface area contributed by atoms with Crippen molar-refractivity contribution in [2.45, 2.75) is 4.90 Å². The van der Waals surface area contributed by atoms with Crippen LogP contribution < -0.4 is 4.72 Å². The number of benzene rings is 1. The van der Waals surface area contributed by atoms with Gasteiger partial charge in [-0.25, -0.2) is 13.4 Å². The summed E-state index contributed by atoms with van der Waals surface area (Å²) >= 11 is 11.1. The van der Waals surface area contributed by atoms with E-state index in [9.17, 15) is 8.42 Å². The number of halogens is 3. The van der Waals surface area contributed by atoms with Crippen LogP contribution >= 0.6 is 50.1 Å². The van der Waals surface area contributed by atoms with Crippen molar-refractivity contribution < 1.29 is 8.42 Å². The van der Waals surface area contributed by atoms with Crippen molar-refractivity contribution in [2.75, 3.05) is 4.72 Å². The van der Waals surface area contributed by atoms with Crippen LogP contribution in [0.1, 0.15) is 0 Å². The fourth-order valence-corrected chi connectivity index (χ4v) is 3.68. The number of sulfonamides is 1. The minimum absolute atomic E-state index is 0.0675. The quantitative estimate of drug-likeness (QED) is 0.544. The van der Waals surface area contributed by atoms with Gasteiger partial charge in [0.05, 0.1) is 0 Å². The molecule has 1 aromatic heterocycles. The normalized spacial score (nSPS) is 11.3. The number of anilines is 1. The van der Waals surface area contributed by atoms with Crippen LogP contribution in [0.5, 0.6) is 0 Å². The van der Waals surface area contributed by atoms with Crippen molar-refractivity contribution in [2.24, 2.45) is 0 Å². The van der Waals surface area contributed by atoms with Crippen molar-refractivity contribution in [1.82, 2.24) is 4.98 Å². The average molecular weight is 474 g/mol. The second-order valence-electron chi connectivity index (χ2n) is 3.55. The molecular weight excluding hydrogens is 466 g/mol. The molecule has 1 N–H and O–H groups in total. The molecule has 1 aromatic carbocycles. The van der Waals surface area contributed by atoms with Crippen molar-refractivity contribution >= 4 is 65.8 Å². The molecule has 8 heteroatoms. The zero-order valence-corrected chi connectivity index (χ0v) is 14.6. The number of pyridine rings is 1. The Hall–Kier alpha value is -0.380.